The van der Waals surface area contributed by atoms with E-state index in [1.807, 2.05) is 0 Å². The van der Waals surface area contributed by atoms with Crippen molar-refractivity contribution >= 4 is 39.3 Å². The molecule has 2 rings (SSSR count). The summed E-state index contributed by atoms with van der Waals surface area (Å²) >= 11 is 2.58. The number of thioether (sulfide) groups is 1. The second-order valence-corrected chi connectivity index (χ2v) is 5.18. The second kappa shape index (κ2) is 4.73. The Hall–Kier alpha value is -1.58. The van der Waals surface area contributed by atoms with Crippen molar-refractivity contribution < 1.29 is 9.90 Å². The minimum Gasteiger partial charge on any atom is -0.477 e. The fourth-order valence-corrected chi connectivity index (χ4v) is 3.25. The first-order valence-electron chi connectivity index (χ1n) is 4.68. The number of hydrogen-bond donors (Lipinski definition) is 1. The maximum Gasteiger partial charge on any atom is 0.346 e. The molecule has 0 radical (unpaired) electrons. The van der Waals surface area contributed by atoms with Crippen LogP contribution in [0.5, 0.6) is 0 Å². The van der Waals surface area contributed by atoms with Gasteiger partial charge in [-0.1, -0.05) is 17.7 Å². The van der Waals surface area contributed by atoms with Crippen molar-refractivity contribution in [3.05, 3.63) is 16.8 Å². The van der Waals surface area contributed by atoms with E-state index < -0.39 is 5.97 Å². The highest BCUT2D eigenvalue weighted by Crippen LogP contribution is 2.34. The van der Waals surface area contributed by atoms with Crippen molar-refractivity contribution in [3.63, 3.8) is 0 Å². The molecule has 0 aliphatic heterocycles. The Labute approximate surface area is 106 Å². The van der Waals surface area contributed by atoms with E-state index in [2.05, 4.69) is 15.9 Å². The highest BCUT2D eigenvalue weighted by molar-refractivity contribution is 7.99. The van der Waals surface area contributed by atoms with E-state index in [1.165, 1.54) is 18.1 Å². The lowest BCUT2D eigenvalue weighted by Crippen LogP contribution is -1.94. The predicted molar refractivity (Wildman–Crippen MR) is 68.7 cm³/mol. The van der Waals surface area contributed by atoms with Crippen LogP contribution in [0.1, 0.15) is 15.2 Å². The highest BCUT2D eigenvalue weighted by atomic mass is 32.2. The third-order valence-corrected chi connectivity index (χ3v) is 4.26. The molecule has 1 N–H and O–H groups in total. The molecule has 2 aromatic rings. The molecule has 0 aliphatic rings. The molecule has 0 amide bonds. The van der Waals surface area contributed by atoms with E-state index in [0.29, 0.717) is 21.0 Å². The van der Waals surface area contributed by atoms with Crippen LogP contribution in [0, 0.1) is 19.3 Å². The predicted octanol–water partition coefficient (Wildman–Crippen LogP) is 2.42. The summed E-state index contributed by atoms with van der Waals surface area (Å²) in [5.41, 5.74) is 0.706. The third kappa shape index (κ3) is 2.12. The van der Waals surface area contributed by atoms with Gasteiger partial charge in [0.25, 0.3) is 0 Å². The second-order valence-electron chi connectivity index (χ2n) is 3.21. The van der Waals surface area contributed by atoms with Crippen LogP contribution in [0.4, 0.5) is 0 Å². The number of carboxylic acids is 1. The number of aromatic carboxylic acids is 1. The number of aryl methyl sites for hydroxylation is 1. The SMILES string of the molecule is C#CCSc1ncnc2sc(C(=O)O)c(C)c12. The molecule has 0 atom stereocenters. The topological polar surface area (TPSA) is 63.1 Å². The molecule has 0 aliphatic carbocycles. The van der Waals surface area contributed by atoms with Crippen LogP contribution in [0.25, 0.3) is 10.2 Å². The van der Waals surface area contributed by atoms with Crippen LogP contribution >= 0.6 is 23.1 Å². The van der Waals surface area contributed by atoms with E-state index >= 15 is 0 Å². The first-order chi connectivity index (χ1) is 8.15. The van der Waals surface area contributed by atoms with Gasteiger partial charge < -0.3 is 5.11 Å². The minimum atomic E-state index is -0.932. The number of nitrogens with zero attached hydrogens (tertiary/aromatic N) is 2. The molecule has 4 nitrogen and oxygen atoms in total. The molecule has 6 heteroatoms. The number of terminal acetylenes is 1. The summed E-state index contributed by atoms with van der Waals surface area (Å²) < 4.78 is 0. The summed E-state index contributed by atoms with van der Waals surface area (Å²) in [5.74, 6) is 2.09. The number of carboxylic acid groups (broad SMARTS) is 1. The van der Waals surface area contributed by atoms with Gasteiger partial charge in [0, 0.05) is 5.39 Å². The van der Waals surface area contributed by atoms with E-state index in [1.54, 1.807) is 6.92 Å². The van der Waals surface area contributed by atoms with Crippen molar-refractivity contribution in [2.24, 2.45) is 0 Å². The first kappa shape index (κ1) is 11.9. The van der Waals surface area contributed by atoms with E-state index in [-0.39, 0.29) is 0 Å². The lowest BCUT2D eigenvalue weighted by molar-refractivity contribution is 0.0701. The van der Waals surface area contributed by atoms with Crippen LogP contribution in [-0.2, 0) is 0 Å². The number of aromatic nitrogens is 2. The Balaban J connectivity index is 2.63. The molecule has 17 heavy (non-hydrogen) atoms. The monoisotopic (exact) mass is 264 g/mol. The Morgan fingerprint density at radius 2 is 2.41 bits per heavy atom. The number of thiophene rings is 1. The van der Waals surface area contributed by atoms with E-state index in [0.717, 1.165) is 21.7 Å². The molecular formula is C11H8N2O2S2. The summed E-state index contributed by atoms with van der Waals surface area (Å²) in [6.45, 7) is 1.77. The molecule has 0 bridgehead atoms. The standard InChI is InChI=1S/C11H8N2O2S2/c1-3-4-16-9-7-6(2)8(11(14)15)17-10(7)13-5-12-9/h1,5H,4H2,2H3,(H,14,15). The molecule has 0 fully saturated rings. The zero-order valence-corrected chi connectivity index (χ0v) is 10.6. The summed E-state index contributed by atoms with van der Waals surface area (Å²) in [4.78, 5) is 20.3. The Bertz CT molecular complexity index is 628. The maximum atomic E-state index is 11.0. The molecule has 2 heterocycles. The van der Waals surface area contributed by atoms with Gasteiger partial charge in [-0.25, -0.2) is 14.8 Å². The van der Waals surface area contributed by atoms with Crippen molar-refractivity contribution in [1.29, 1.82) is 0 Å². The minimum absolute atomic E-state index is 0.308. The lowest BCUT2D eigenvalue weighted by atomic mass is 10.2. The maximum absolute atomic E-state index is 11.0. The zero-order chi connectivity index (χ0) is 12.4. The molecule has 0 saturated carbocycles. The van der Waals surface area contributed by atoms with Gasteiger partial charge in [-0.3, -0.25) is 0 Å². The van der Waals surface area contributed by atoms with Crippen molar-refractivity contribution in [2.45, 2.75) is 11.9 Å². The van der Waals surface area contributed by atoms with Crippen molar-refractivity contribution in [2.75, 3.05) is 5.75 Å². The van der Waals surface area contributed by atoms with Gasteiger partial charge in [-0.05, 0) is 12.5 Å². The van der Waals surface area contributed by atoms with Gasteiger partial charge in [0.1, 0.15) is 21.1 Å². The quantitative estimate of drug-likeness (QED) is 0.524. The number of hydrogen-bond acceptors (Lipinski definition) is 5. The Kier molecular flexibility index (Phi) is 3.31. The summed E-state index contributed by atoms with van der Waals surface area (Å²) in [5, 5.41) is 10.6. The highest BCUT2D eigenvalue weighted by Gasteiger charge is 2.18. The number of carbonyl (C=O) groups is 1. The summed E-state index contributed by atoms with van der Waals surface area (Å²) in [7, 11) is 0. The number of fused-ring (bicyclic) bond motifs is 1. The molecule has 0 unspecified atom stereocenters. The zero-order valence-electron chi connectivity index (χ0n) is 8.93. The van der Waals surface area contributed by atoms with Crippen molar-refractivity contribution in [1.82, 2.24) is 9.97 Å². The average molecular weight is 264 g/mol. The van der Waals surface area contributed by atoms with Gasteiger partial charge in [-0.2, -0.15) is 0 Å². The summed E-state index contributed by atoms with van der Waals surface area (Å²) in [6, 6.07) is 0. The lowest BCUT2D eigenvalue weighted by Gasteiger charge is -1.99. The van der Waals surface area contributed by atoms with Crippen molar-refractivity contribution in [3.8, 4) is 12.3 Å². The van der Waals surface area contributed by atoms with Crippen LogP contribution in [0.2, 0.25) is 0 Å². The van der Waals surface area contributed by atoms with Gasteiger partial charge >= 0.3 is 5.97 Å². The van der Waals surface area contributed by atoms with Gasteiger partial charge in [0.05, 0.1) is 5.75 Å². The van der Waals surface area contributed by atoms with E-state index in [4.69, 9.17) is 11.5 Å². The van der Waals surface area contributed by atoms with Crippen LogP contribution < -0.4 is 0 Å². The van der Waals surface area contributed by atoms with E-state index in [9.17, 15) is 4.79 Å². The third-order valence-electron chi connectivity index (χ3n) is 2.18. The Morgan fingerprint density at radius 1 is 1.65 bits per heavy atom. The largest absolute Gasteiger partial charge is 0.477 e. The van der Waals surface area contributed by atoms with Gasteiger partial charge in [0.2, 0.25) is 0 Å². The van der Waals surface area contributed by atoms with Crippen LogP contribution in [0.3, 0.4) is 0 Å². The molecule has 0 spiro atoms. The molecular weight excluding hydrogens is 256 g/mol. The Morgan fingerprint density at radius 3 is 3.06 bits per heavy atom. The van der Waals surface area contributed by atoms with Gasteiger partial charge in [0.15, 0.2) is 0 Å². The fraction of sp³-hybridized carbons (Fsp3) is 0.182. The molecule has 2 aromatic heterocycles. The van der Waals surface area contributed by atoms with Gasteiger partial charge in [-0.15, -0.1) is 17.8 Å². The number of rotatable bonds is 3. The summed E-state index contributed by atoms with van der Waals surface area (Å²) in [6.07, 6.45) is 6.64. The van der Waals surface area contributed by atoms with Crippen LogP contribution in [-0.4, -0.2) is 26.8 Å². The smallest absolute Gasteiger partial charge is 0.346 e. The van der Waals surface area contributed by atoms with Crippen LogP contribution in [0.15, 0.2) is 11.4 Å². The average Bonchev–Trinajstić information content (AvgIpc) is 2.65. The fourth-order valence-electron chi connectivity index (χ4n) is 1.46. The molecule has 0 saturated heterocycles. The first-order valence-corrected chi connectivity index (χ1v) is 6.49. The normalized spacial score (nSPS) is 10.4. The molecule has 86 valence electrons. The molecule has 0 aromatic carbocycles.